The third-order valence-electron chi connectivity index (χ3n) is 3.26. The number of hydrogen-bond acceptors (Lipinski definition) is 4. The molecule has 1 N–H and O–H groups in total. The van der Waals surface area contributed by atoms with Crippen molar-refractivity contribution in [2.45, 2.75) is 13.3 Å². The van der Waals surface area contributed by atoms with Crippen molar-refractivity contribution in [3.63, 3.8) is 0 Å². The van der Waals surface area contributed by atoms with Gasteiger partial charge in [0.15, 0.2) is 6.61 Å². The molecule has 0 aliphatic heterocycles. The Morgan fingerprint density at radius 2 is 2.00 bits per heavy atom. The fourth-order valence-corrected chi connectivity index (χ4v) is 1.96. The summed E-state index contributed by atoms with van der Waals surface area (Å²) in [6.45, 7) is 2.43. The molecule has 1 aromatic carbocycles. The van der Waals surface area contributed by atoms with E-state index in [-0.39, 0.29) is 24.4 Å². The maximum atomic E-state index is 11.5. The second-order valence-corrected chi connectivity index (χ2v) is 5.52. The van der Waals surface area contributed by atoms with Crippen LogP contribution < -0.4 is 10.1 Å². The summed E-state index contributed by atoms with van der Waals surface area (Å²) in [6.07, 6.45) is 0.857. The zero-order valence-corrected chi connectivity index (χ0v) is 12.6. The average molecular weight is 312 g/mol. The number of halogens is 1. The summed E-state index contributed by atoms with van der Waals surface area (Å²) in [4.78, 5) is 22.9. The number of amides is 1. The van der Waals surface area contributed by atoms with Gasteiger partial charge in [-0.25, -0.2) is 0 Å². The second-order valence-electron chi connectivity index (χ2n) is 5.08. The Labute approximate surface area is 128 Å². The number of benzene rings is 1. The summed E-state index contributed by atoms with van der Waals surface area (Å²) in [5.74, 6) is 0.439. The molecule has 21 heavy (non-hydrogen) atoms. The minimum Gasteiger partial charge on any atom is -0.492 e. The molecule has 0 saturated heterocycles. The summed E-state index contributed by atoms with van der Waals surface area (Å²) >= 11 is 5.76. The molecule has 1 aromatic rings. The van der Waals surface area contributed by atoms with Crippen LogP contribution in [-0.2, 0) is 14.3 Å². The molecular weight excluding hydrogens is 294 g/mol. The Bertz CT molecular complexity index is 503. The standard InChI is InChI=1S/C15H18ClNO4/c1-10-8-13(10)15(19)21-9-14(18)17-6-7-20-12-4-2-11(16)3-5-12/h2-5,10,13H,6-9H2,1H3,(H,17,18)/t10-,13-/m0/s1. The molecule has 1 amide bonds. The highest BCUT2D eigenvalue weighted by Gasteiger charge is 2.40. The molecule has 0 aromatic heterocycles. The van der Waals surface area contributed by atoms with Crippen LogP contribution in [0.1, 0.15) is 13.3 Å². The van der Waals surface area contributed by atoms with Gasteiger partial charge >= 0.3 is 5.97 Å². The Balaban J connectivity index is 1.54. The van der Waals surface area contributed by atoms with Crippen LogP contribution in [0.4, 0.5) is 0 Å². The summed E-state index contributed by atoms with van der Waals surface area (Å²) in [5.41, 5.74) is 0. The summed E-state index contributed by atoms with van der Waals surface area (Å²) in [6, 6.07) is 6.97. The quantitative estimate of drug-likeness (QED) is 0.618. The number of hydrogen-bond donors (Lipinski definition) is 1. The van der Waals surface area contributed by atoms with Gasteiger partial charge < -0.3 is 14.8 Å². The van der Waals surface area contributed by atoms with Crippen LogP contribution in [0.2, 0.25) is 5.02 Å². The molecule has 0 heterocycles. The topological polar surface area (TPSA) is 64.6 Å². The van der Waals surface area contributed by atoms with Crippen LogP contribution >= 0.6 is 11.6 Å². The van der Waals surface area contributed by atoms with E-state index in [1.807, 2.05) is 6.92 Å². The minimum atomic E-state index is -0.323. The summed E-state index contributed by atoms with van der Waals surface area (Å²) < 4.78 is 10.3. The van der Waals surface area contributed by atoms with Crippen LogP contribution in [0, 0.1) is 11.8 Å². The van der Waals surface area contributed by atoms with Gasteiger partial charge in [0.25, 0.3) is 5.91 Å². The normalized spacial score (nSPS) is 19.7. The molecule has 0 spiro atoms. The zero-order valence-electron chi connectivity index (χ0n) is 11.8. The average Bonchev–Trinajstić information content (AvgIpc) is 3.20. The van der Waals surface area contributed by atoms with Gasteiger partial charge in [-0.05, 0) is 36.6 Å². The first-order valence-electron chi connectivity index (χ1n) is 6.88. The fraction of sp³-hybridized carbons (Fsp3) is 0.467. The van der Waals surface area contributed by atoms with Crippen molar-refractivity contribution in [1.29, 1.82) is 0 Å². The highest BCUT2D eigenvalue weighted by Crippen LogP contribution is 2.38. The van der Waals surface area contributed by atoms with Gasteiger partial charge in [-0.1, -0.05) is 18.5 Å². The van der Waals surface area contributed by atoms with E-state index in [0.717, 1.165) is 6.42 Å². The SMILES string of the molecule is C[C@H]1C[C@@H]1C(=O)OCC(=O)NCCOc1ccc(Cl)cc1. The van der Waals surface area contributed by atoms with Gasteiger partial charge in [-0.15, -0.1) is 0 Å². The van der Waals surface area contributed by atoms with Gasteiger partial charge in [-0.2, -0.15) is 0 Å². The molecule has 6 heteroatoms. The van der Waals surface area contributed by atoms with Crippen molar-refractivity contribution in [2.75, 3.05) is 19.8 Å². The van der Waals surface area contributed by atoms with E-state index in [9.17, 15) is 9.59 Å². The lowest BCUT2D eigenvalue weighted by Gasteiger charge is -2.08. The second kappa shape index (κ2) is 7.31. The first-order valence-corrected chi connectivity index (χ1v) is 7.26. The Hall–Kier alpha value is -1.75. The van der Waals surface area contributed by atoms with Gasteiger partial charge in [0.2, 0.25) is 0 Å². The fourth-order valence-electron chi connectivity index (χ4n) is 1.84. The predicted molar refractivity (Wildman–Crippen MR) is 78.2 cm³/mol. The molecule has 0 unspecified atom stereocenters. The van der Waals surface area contributed by atoms with Crippen LogP contribution in [0.15, 0.2) is 24.3 Å². The molecule has 5 nitrogen and oxygen atoms in total. The lowest BCUT2D eigenvalue weighted by Crippen LogP contribution is -2.32. The van der Waals surface area contributed by atoms with Crippen molar-refractivity contribution in [3.05, 3.63) is 29.3 Å². The third kappa shape index (κ3) is 5.27. The van der Waals surface area contributed by atoms with E-state index in [1.165, 1.54) is 0 Å². The lowest BCUT2D eigenvalue weighted by molar-refractivity contribution is -0.150. The Morgan fingerprint density at radius 1 is 1.33 bits per heavy atom. The predicted octanol–water partition coefficient (Wildman–Crippen LogP) is 2.03. The number of nitrogens with one attached hydrogen (secondary N) is 1. The van der Waals surface area contributed by atoms with Crippen molar-refractivity contribution >= 4 is 23.5 Å². The highest BCUT2D eigenvalue weighted by molar-refractivity contribution is 6.30. The number of rotatable bonds is 7. The van der Waals surface area contributed by atoms with Crippen LogP contribution in [0.5, 0.6) is 5.75 Å². The van der Waals surface area contributed by atoms with E-state index in [0.29, 0.717) is 29.8 Å². The first-order chi connectivity index (χ1) is 10.1. The van der Waals surface area contributed by atoms with Crippen LogP contribution in [0.25, 0.3) is 0 Å². The monoisotopic (exact) mass is 311 g/mol. The number of carbonyl (C=O) groups is 2. The van der Waals surface area contributed by atoms with Crippen molar-refractivity contribution in [1.82, 2.24) is 5.32 Å². The zero-order chi connectivity index (χ0) is 15.2. The molecule has 2 atom stereocenters. The van der Waals surface area contributed by atoms with E-state index >= 15 is 0 Å². The number of esters is 1. The molecule has 1 saturated carbocycles. The third-order valence-corrected chi connectivity index (χ3v) is 3.52. The van der Waals surface area contributed by atoms with Gasteiger partial charge in [0, 0.05) is 5.02 Å². The molecule has 1 aliphatic rings. The molecule has 2 rings (SSSR count). The number of ether oxygens (including phenoxy) is 2. The van der Waals surface area contributed by atoms with Crippen molar-refractivity contribution < 1.29 is 19.1 Å². The number of carbonyl (C=O) groups excluding carboxylic acids is 2. The summed E-state index contributed by atoms with van der Waals surface area (Å²) in [5, 5.41) is 3.26. The van der Waals surface area contributed by atoms with Crippen LogP contribution in [-0.4, -0.2) is 31.6 Å². The molecule has 1 fully saturated rings. The minimum absolute atomic E-state index is 0.0222. The van der Waals surface area contributed by atoms with Gasteiger partial charge in [0.05, 0.1) is 12.5 Å². The largest absolute Gasteiger partial charge is 0.492 e. The molecular formula is C15H18ClNO4. The summed E-state index contributed by atoms with van der Waals surface area (Å²) in [7, 11) is 0. The molecule has 0 bridgehead atoms. The van der Waals surface area contributed by atoms with E-state index < -0.39 is 0 Å². The maximum Gasteiger partial charge on any atom is 0.309 e. The van der Waals surface area contributed by atoms with E-state index in [2.05, 4.69) is 5.32 Å². The molecule has 0 radical (unpaired) electrons. The van der Waals surface area contributed by atoms with Crippen molar-refractivity contribution in [3.8, 4) is 5.75 Å². The van der Waals surface area contributed by atoms with Crippen molar-refractivity contribution in [2.24, 2.45) is 11.8 Å². The Morgan fingerprint density at radius 3 is 2.62 bits per heavy atom. The van der Waals surface area contributed by atoms with Gasteiger partial charge in [0.1, 0.15) is 12.4 Å². The lowest BCUT2D eigenvalue weighted by atomic mass is 10.3. The van der Waals surface area contributed by atoms with Crippen LogP contribution in [0.3, 0.4) is 0 Å². The van der Waals surface area contributed by atoms with E-state index in [1.54, 1.807) is 24.3 Å². The van der Waals surface area contributed by atoms with Gasteiger partial charge in [-0.3, -0.25) is 9.59 Å². The van der Waals surface area contributed by atoms with E-state index in [4.69, 9.17) is 21.1 Å². The molecule has 114 valence electrons. The smallest absolute Gasteiger partial charge is 0.309 e. The highest BCUT2D eigenvalue weighted by atomic mass is 35.5. The Kier molecular flexibility index (Phi) is 5.44. The maximum absolute atomic E-state index is 11.5. The first kappa shape index (κ1) is 15.6. The molecule has 1 aliphatic carbocycles.